The van der Waals surface area contributed by atoms with Gasteiger partial charge in [-0.25, -0.2) is 0 Å². The average molecular weight is 200 g/mol. The summed E-state index contributed by atoms with van der Waals surface area (Å²) in [4.78, 5) is 11.5. The van der Waals surface area contributed by atoms with Gasteiger partial charge in [-0.15, -0.1) is 0 Å². The van der Waals surface area contributed by atoms with Crippen LogP contribution in [0.25, 0.3) is 0 Å². The van der Waals surface area contributed by atoms with E-state index in [1.165, 1.54) is 0 Å². The highest BCUT2D eigenvalue weighted by atomic mass is 16.1. The van der Waals surface area contributed by atoms with Crippen molar-refractivity contribution in [1.82, 2.24) is 5.32 Å². The highest BCUT2D eigenvalue weighted by Crippen LogP contribution is 2.06. The standard InChI is InChI=1S/C11H24N2O/c1-3-10(4-2)11(14)13-9-7-5-6-8-12/h10H,3-9,12H2,1-2H3,(H,13,14). The van der Waals surface area contributed by atoms with Gasteiger partial charge in [0, 0.05) is 12.5 Å². The maximum absolute atomic E-state index is 11.5. The van der Waals surface area contributed by atoms with Gasteiger partial charge < -0.3 is 11.1 Å². The Bertz CT molecular complexity index is 144. The third-order valence-electron chi connectivity index (χ3n) is 2.54. The lowest BCUT2D eigenvalue weighted by atomic mass is 10.0. The molecule has 0 fully saturated rings. The molecule has 0 spiro atoms. The summed E-state index contributed by atoms with van der Waals surface area (Å²) in [5.74, 6) is 0.409. The van der Waals surface area contributed by atoms with E-state index in [1.807, 2.05) is 0 Å². The number of carbonyl (C=O) groups is 1. The van der Waals surface area contributed by atoms with Gasteiger partial charge in [0.25, 0.3) is 0 Å². The van der Waals surface area contributed by atoms with Crippen LogP contribution in [0.5, 0.6) is 0 Å². The third kappa shape index (κ3) is 5.97. The van der Waals surface area contributed by atoms with Crippen LogP contribution in [-0.4, -0.2) is 19.0 Å². The quantitative estimate of drug-likeness (QED) is 0.586. The van der Waals surface area contributed by atoms with Crippen molar-refractivity contribution >= 4 is 5.91 Å². The van der Waals surface area contributed by atoms with Crippen LogP contribution in [0.1, 0.15) is 46.0 Å². The summed E-state index contributed by atoms with van der Waals surface area (Å²) < 4.78 is 0. The molecule has 14 heavy (non-hydrogen) atoms. The first-order valence-corrected chi connectivity index (χ1v) is 5.74. The van der Waals surface area contributed by atoms with Gasteiger partial charge >= 0.3 is 0 Å². The van der Waals surface area contributed by atoms with E-state index in [0.29, 0.717) is 0 Å². The van der Waals surface area contributed by atoms with Gasteiger partial charge in [0.1, 0.15) is 0 Å². The van der Waals surface area contributed by atoms with E-state index in [-0.39, 0.29) is 11.8 Å². The lowest BCUT2D eigenvalue weighted by molar-refractivity contribution is -0.125. The predicted molar refractivity (Wildman–Crippen MR) is 60.0 cm³/mol. The Morgan fingerprint density at radius 1 is 1.21 bits per heavy atom. The highest BCUT2D eigenvalue weighted by molar-refractivity contribution is 5.78. The Balaban J connectivity index is 3.43. The second-order valence-corrected chi connectivity index (χ2v) is 3.65. The van der Waals surface area contributed by atoms with Gasteiger partial charge in [0.05, 0.1) is 0 Å². The number of hydrogen-bond donors (Lipinski definition) is 2. The van der Waals surface area contributed by atoms with E-state index in [4.69, 9.17) is 5.73 Å². The second-order valence-electron chi connectivity index (χ2n) is 3.65. The predicted octanol–water partition coefficient (Wildman–Crippen LogP) is 1.67. The molecule has 0 aliphatic carbocycles. The van der Waals surface area contributed by atoms with E-state index in [0.717, 1.165) is 45.2 Å². The first-order valence-electron chi connectivity index (χ1n) is 5.74. The summed E-state index contributed by atoms with van der Waals surface area (Å²) in [6.45, 7) is 5.67. The maximum atomic E-state index is 11.5. The number of hydrogen-bond acceptors (Lipinski definition) is 2. The Morgan fingerprint density at radius 2 is 1.86 bits per heavy atom. The molecule has 0 saturated carbocycles. The minimum atomic E-state index is 0.199. The van der Waals surface area contributed by atoms with E-state index < -0.39 is 0 Å². The van der Waals surface area contributed by atoms with Crippen LogP contribution in [0.4, 0.5) is 0 Å². The fraction of sp³-hybridized carbons (Fsp3) is 0.909. The van der Waals surface area contributed by atoms with Crippen LogP contribution in [0.2, 0.25) is 0 Å². The molecule has 0 heterocycles. The normalized spacial score (nSPS) is 10.6. The summed E-state index contributed by atoms with van der Waals surface area (Å²) in [7, 11) is 0. The van der Waals surface area contributed by atoms with Crippen molar-refractivity contribution < 1.29 is 4.79 Å². The average Bonchev–Trinajstić information content (AvgIpc) is 2.19. The number of amides is 1. The van der Waals surface area contributed by atoms with Crippen molar-refractivity contribution in [2.75, 3.05) is 13.1 Å². The smallest absolute Gasteiger partial charge is 0.223 e. The fourth-order valence-electron chi connectivity index (χ4n) is 1.46. The van der Waals surface area contributed by atoms with Crippen molar-refractivity contribution in [3.05, 3.63) is 0 Å². The van der Waals surface area contributed by atoms with Crippen molar-refractivity contribution in [3.63, 3.8) is 0 Å². The molecular weight excluding hydrogens is 176 g/mol. The molecule has 0 saturated heterocycles. The van der Waals surface area contributed by atoms with Crippen molar-refractivity contribution in [2.24, 2.45) is 11.7 Å². The van der Waals surface area contributed by atoms with Crippen LogP contribution < -0.4 is 11.1 Å². The molecule has 0 bridgehead atoms. The van der Waals surface area contributed by atoms with Crippen LogP contribution in [0.3, 0.4) is 0 Å². The molecule has 0 aromatic rings. The molecule has 3 heteroatoms. The largest absolute Gasteiger partial charge is 0.356 e. The van der Waals surface area contributed by atoms with Crippen molar-refractivity contribution in [3.8, 4) is 0 Å². The van der Waals surface area contributed by atoms with E-state index in [9.17, 15) is 4.79 Å². The molecule has 0 aliphatic rings. The number of unbranched alkanes of at least 4 members (excludes halogenated alkanes) is 2. The summed E-state index contributed by atoms with van der Waals surface area (Å²) in [6, 6.07) is 0. The molecule has 3 N–H and O–H groups in total. The van der Waals surface area contributed by atoms with Crippen LogP contribution in [0.15, 0.2) is 0 Å². The van der Waals surface area contributed by atoms with Gasteiger partial charge in [-0.05, 0) is 32.2 Å². The molecule has 0 radical (unpaired) electrons. The Kier molecular flexibility index (Phi) is 8.64. The van der Waals surface area contributed by atoms with Gasteiger partial charge in [-0.3, -0.25) is 4.79 Å². The molecule has 0 aromatic heterocycles. The zero-order valence-electron chi connectivity index (χ0n) is 9.51. The topological polar surface area (TPSA) is 55.1 Å². The summed E-state index contributed by atoms with van der Waals surface area (Å²) in [6.07, 6.45) is 5.08. The molecule has 0 aliphatic heterocycles. The third-order valence-corrected chi connectivity index (χ3v) is 2.54. The lowest BCUT2D eigenvalue weighted by Gasteiger charge is -2.12. The number of carbonyl (C=O) groups excluding carboxylic acids is 1. The van der Waals surface area contributed by atoms with Gasteiger partial charge in [0.2, 0.25) is 5.91 Å². The second kappa shape index (κ2) is 9.00. The van der Waals surface area contributed by atoms with Gasteiger partial charge in [-0.1, -0.05) is 20.3 Å². The minimum Gasteiger partial charge on any atom is -0.356 e. The Hall–Kier alpha value is -0.570. The first kappa shape index (κ1) is 13.4. The summed E-state index contributed by atoms with van der Waals surface area (Å²) in [5.41, 5.74) is 5.37. The zero-order chi connectivity index (χ0) is 10.8. The Morgan fingerprint density at radius 3 is 2.36 bits per heavy atom. The van der Waals surface area contributed by atoms with Gasteiger partial charge in [-0.2, -0.15) is 0 Å². The van der Waals surface area contributed by atoms with Crippen LogP contribution in [-0.2, 0) is 4.79 Å². The van der Waals surface area contributed by atoms with Crippen LogP contribution in [0, 0.1) is 5.92 Å². The highest BCUT2D eigenvalue weighted by Gasteiger charge is 2.12. The molecule has 0 unspecified atom stereocenters. The molecule has 0 atom stereocenters. The molecule has 0 rings (SSSR count). The van der Waals surface area contributed by atoms with Crippen LogP contribution >= 0.6 is 0 Å². The zero-order valence-corrected chi connectivity index (χ0v) is 9.51. The van der Waals surface area contributed by atoms with Gasteiger partial charge in [0.15, 0.2) is 0 Å². The minimum absolute atomic E-state index is 0.199. The maximum Gasteiger partial charge on any atom is 0.223 e. The molecule has 3 nitrogen and oxygen atoms in total. The number of rotatable bonds is 8. The lowest BCUT2D eigenvalue weighted by Crippen LogP contribution is -2.30. The fourth-order valence-corrected chi connectivity index (χ4v) is 1.46. The molecule has 84 valence electrons. The van der Waals surface area contributed by atoms with E-state index in [1.54, 1.807) is 0 Å². The number of nitrogens with two attached hydrogens (primary N) is 1. The number of nitrogens with one attached hydrogen (secondary N) is 1. The first-order chi connectivity index (χ1) is 6.76. The summed E-state index contributed by atoms with van der Waals surface area (Å²) >= 11 is 0. The monoisotopic (exact) mass is 200 g/mol. The van der Waals surface area contributed by atoms with E-state index >= 15 is 0 Å². The summed E-state index contributed by atoms with van der Waals surface area (Å²) in [5, 5.41) is 2.96. The molecule has 0 aromatic carbocycles. The Labute approximate surface area is 87.4 Å². The molecule has 1 amide bonds. The SMILES string of the molecule is CCC(CC)C(=O)NCCCCCN. The van der Waals surface area contributed by atoms with E-state index in [2.05, 4.69) is 19.2 Å². The van der Waals surface area contributed by atoms with Crippen molar-refractivity contribution in [1.29, 1.82) is 0 Å². The molecular formula is C11H24N2O. The van der Waals surface area contributed by atoms with Crippen molar-refractivity contribution in [2.45, 2.75) is 46.0 Å².